The number of halogens is 1. The van der Waals surface area contributed by atoms with Gasteiger partial charge in [-0.1, -0.05) is 15.9 Å². The summed E-state index contributed by atoms with van der Waals surface area (Å²) in [6.45, 7) is 0. The van der Waals surface area contributed by atoms with Crippen molar-refractivity contribution < 1.29 is 4.74 Å². The second kappa shape index (κ2) is 4.19. The average Bonchev–Trinajstić information content (AvgIpc) is 2.23. The van der Waals surface area contributed by atoms with E-state index in [1.54, 1.807) is 18.5 Å². The van der Waals surface area contributed by atoms with Gasteiger partial charge in [0.25, 0.3) is 0 Å². The Kier molecular flexibility index (Phi) is 2.74. The molecule has 0 aliphatic rings. The van der Waals surface area contributed by atoms with Gasteiger partial charge in [-0.3, -0.25) is 0 Å². The average molecular weight is 251 g/mol. The zero-order chi connectivity index (χ0) is 9.80. The molecule has 0 radical (unpaired) electrons. The van der Waals surface area contributed by atoms with E-state index in [0.717, 1.165) is 10.2 Å². The van der Waals surface area contributed by atoms with Crippen LogP contribution in [0, 0.1) is 0 Å². The lowest BCUT2D eigenvalue weighted by atomic mass is 10.3. The summed E-state index contributed by atoms with van der Waals surface area (Å²) >= 11 is 3.34. The summed E-state index contributed by atoms with van der Waals surface area (Å²) in [7, 11) is 0. The molecule has 4 heteroatoms. The first-order valence-electron chi connectivity index (χ1n) is 4.05. The lowest BCUT2D eigenvalue weighted by Gasteiger charge is -2.01. The maximum atomic E-state index is 5.39. The van der Waals surface area contributed by atoms with E-state index in [2.05, 4.69) is 25.9 Å². The number of nitrogens with zero attached hydrogens (tertiary/aromatic N) is 2. The highest BCUT2D eigenvalue weighted by molar-refractivity contribution is 9.10. The van der Waals surface area contributed by atoms with Crippen LogP contribution < -0.4 is 4.74 Å². The van der Waals surface area contributed by atoms with E-state index >= 15 is 0 Å². The Bertz CT molecular complexity index is 402. The molecule has 3 nitrogen and oxygen atoms in total. The Labute approximate surface area is 89.9 Å². The topological polar surface area (TPSA) is 35.0 Å². The zero-order valence-electron chi connectivity index (χ0n) is 7.22. The van der Waals surface area contributed by atoms with E-state index in [0.29, 0.717) is 6.01 Å². The van der Waals surface area contributed by atoms with Crippen LogP contribution in [0.2, 0.25) is 0 Å². The quantitative estimate of drug-likeness (QED) is 0.822. The first-order valence-corrected chi connectivity index (χ1v) is 4.84. The Morgan fingerprint density at radius 2 is 1.64 bits per heavy atom. The molecule has 0 aliphatic heterocycles. The monoisotopic (exact) mass is 250 g/mol. The first-order chi connectivity index (χ1) is 6.84. The van der Waals surface area contributed by atoms with Crippen molar-refractivity contribution in [2.24, 2.45) is 0 Å². The molecule has 0 bridgehead atoms. The molecule has 2 rings (SSSR count). The van der Waals surface area contributed by atoms with Crippen LogP contribution in [0.15, 0.2) is 47.2 Å². The highest BCUT2D eigenvalue weighted by Gasteiger charge is 1.97. The minimum absolute atomic E-state index is 0.356. The lowest BCUT2D eigenvalue weighted by Crippen LogP contribution is -1.89. The van der Waals surface area contributed by atoms with Gasteiger partial charge in [0.15, 0.2) is 0 Å². The molecule has 1 heterocycles. The fourth-order valence-electron chi connectivity index (χ4n) is 0.946. The van der Waals surface area contributed by atoms with Crippen molar-refractivity contribution in [2.75, 3.05) is 0 Å². The highest BCUT2D eigenvalue weighted by Crippen LogP contribution is 2.19. The van der Waals surface area contributed by atoms with Crippen LogP contribution in [0.25, 0.3) is 0 Å². The molecule has 70 valence electrons. The van der Waals surface area contributed by atoms with Crippen molar-refractivity contribution in [3.05, 3.63) is 47.2 Å². The smallest absolute Gasteiger partial charge is 0.321 e. The predicted octanol–water partition coefficient (Wildman–Crippen LogP) is 3.03. The standard InChI is InChI=1S/C10H7BrN2O/c11-8-2-4-9(5-3-8)14-10-12-6-1-7-13-10/h1-7H. The van der Waals surface area contributed by atoms with Gasteiger partial charge < -0.3 is 4.74 Å². The Morgan fingerprint density at radius 1 is 1.00 bits per heavy atom. The van der Waals surface area contributed by atoms with Gasteiger partial charge in [0.2, 0.25) is 0 Å². The molecule has 0 N–H and O–H groups in total. The van der Waals surface area contributed by atoms with Gasteiger partial charge in [0, 0.05) is 16.9 Å². The second-order valence-corrected chi connectivity index (χ2v) is 3.50. The van der Waals surface area contributed by atoms with Gasteiger partial charge >= 0.3 is 6.01 Å². The molecule has 2 aromatic rings. The normalized spacial score (nSPS) is 9.79. The third kappa shape index (κ3) is 2.29. The predicted molar refractivity (Wildman–Crippen MR) is 56.2 cm³/mol. The Hall–Kier alpha value is -1.42. The van der Waals surface area contributed by atoms with Crippen molar-refractivity contribution in [1.82, 2.24) is 9.97 Å². The summed E-state index contributed by atoms with van der Waals surface area (Å²) < 4.78 is 6.40. The summed E-state index contributed by atoms with van der Waals surface area (Å²) in [4.78, 5) is 7.90. The van der Waals surface area contributed by atoms with Crippen LogP contribution in [0.1, 0.15) is 0 Å². The fraction of sp³-hybridized carbons (Fsp3) is 0. The van der Waals surface area contributed by atoms with Gasteiger partial charge in [-0.15, -0.1) is 0 Å². The van der Waals surface area contributed by atoms with Crippen molar-refractivity contribution in [2.45, 2.75) is 0 Å². The summed E-state index contributed by atoms with van der Waals surface area (Å²) in [5.41, 5.74) is 0. The molecule has 0 fully saturated rings. The van der Waals surface area contributed by atoms with Gasteiger partial charge in [0.1, 0.15) is 5.75 Å². The molecular weight excluding hydrogens is 244 g/mol. The fourth-order valence-corrected chi connectivity index (χ4v) is 1.21. The van der Waals surface area contributed by atoms with E-state index in [-0.39, 0.29) is 0 Å². The number of ether oxygens (including phenoxy) is 1. The third-order valence-corrected chi connectivity index (χ3v) is 2.09. The summed E-state index contributed by atoms with van der Waals surface area (Å²) in [5, 5.41) is 0. The van der Waals surface area contributed by atoms with Gasteiger partial charge in [-0.25, -0.2) is 9.97 Å². The van der Waals surface area contributed by atoms with Crippen LogP contribution in [0.5, 0.6) is 11.8 Å². The summed E-state index contributed by atoms with van der Waals surface area (Å²) in [6, 6.07) is 9.60. The molecule has 1 aromatic heterocycles. The number of benzene rings is 1. The molecule has 0 aliphatic carbocycles. The van der Waals surface area contributed by atoms with E-state index in [1.165, 1.54) is 0 Å². The van der Waals surface area contributed by atoms with Gasteiger partial charge in [-0.2, -0.15) is 0 Å². The maximum absolute atomic E-state index is 5.39. The first kappa shape index (κ1) is 9.15. The van der Waals surface area contributed by atoms with E-state index in [4.69, 9.17) is 4.74 Å². The minimum Gasteiger partial charge on any atom is -0.424 e. The minimum atomic E-state index is 0.356. The van der Waals surface area contributed by atoms with Crippen LogP contribution in [0.4, 0.5) is 0 Å². The third-order valence-electron chi connectivity index (χ3n) is 1.56. The van der Waals surface area contributed by atoms with Crippen molar-refractivity contribution in [3.63, 3.8) is 0 Å². The van der Waals surface area contributed by atoms with Crippen molar-refractivity contribution in [1.29, 1.82) is 0 Å². The maximum Gasteiger partial charge on any atom is 0.321 e. The molecule has 0 unspecified atom stereocenters. The van der Waals surface area contributed by atoms with Crippen molar-refractivity contribution >= 4 is 15.9 Å². The summed E-state index contributed by atoms with van der Waals surface area (Å²) in [6.07, 6.45) is 3.28. The number of hydrogen-bond acceptors (Lipinski definition) is 3. The van der Waals surface area contributed by atoms with Crippen molar-refractivity contribution in [3.8, 4) is 11.8 Å². The van der Waals surface area contributed by atoms with E-state index < -0.39 is 0 Å². The van der Waals surface area contributed by atoms with E-state index in [9.17, 15) is 0 Å². The molecule has 1 aromatic carbocycles. The Morgan fingerprint density at radius 3 is 2.29 bits per heavy atom. The zero-order valence-corrected chi connectivity index (χ0v) is 8.81. The number of aromatic nitrogens is 2. The van der Waals surface area contributed by atoms with Gasteiger partial charge in [-0.05, 0) is 30.3 Å². The molecular formula is C10H7BrN2O. The molecule has 0 saturated carbocycles. The van der Waals surface area contributed by atoms with Crippen LogP contribution in [-0.2, 0) is 0 Å². The summed E-state index contributed by atoms with van der Waals surface area (Å²) in [5.74, 6) is 0.722. The number of rotatable bonds is 2. The van der Waals surface area contributed by atoms with Crippen LogP contribution in [-0.4, -0.2) is 9.97 Å². The lowest BCUT2D eigenvalue weighted by molar-refractivity contribution is 0.441. The second-order valence-electron chi connectivity index (χ2n) is 2.59. The molecule has 0 spiro atoms. The van der Waals surface area contributed by atoms with E-state index in [1.807, 2.05) is 24.3 Å². The highest BCUT2D eigenvalue weighted by atomic mass is 79.9. The molecule has 0 atom stereocenters. The molecule has 0 saturated heterocycles. The molecule has 14 heavy (non-hydrogen) atoms. The SMILES string of the molecule is Brc1ccc(Oc2ncccn2)cc1. The number of hydrogen-bond donors (Lipinski definition) is 0. The Balaban J connectivity index is 2.16. The largest absolute Gasteiger partial charge is 0.424 e. The van der Waals surface area contributed by atoms with Crippen LogP contribution >= 0.6 is 15.9 Å². The van der Waals surface area contributed by atoms with Crippen LogP contribution in [0.3, 0.4) is 0 Å². The van der Waals surface area contributed by atoms with Gasteiger partial charge in [0.05, 0.1) is 0 Å². The molecule has 0 amide bonds.